The Kier molecular flexibility index (Phi) is 3.02. The Morgan fingerprint density at radius 1 is 1.00 bits per heavy atom. The smallest absolute Gasteiger partial charge is 0.0713 e. The average molecular weight is 249 g/mol. The maximum absolute atomic E-state index is 9.57. The van der Waals surface area contributed by atoms with Crippen LogP contribution in [0.1, 0.15) is 11.1 Å². The van der Waals surface area contributed by atoms with Crippen LogP contribution in [-0.2, 0) is 6.61 Å². The van der Waals surface area contributed by atoms with E-state index in [4.69, 9.17) is 0 Å². The second-order valence-corrected chi connectivity index (χ2v) is 4.71. The van der Waals surface area contributed by atoms with Gasteiger partial charge in [-0.15, -0.1) is 0 Å². The van der Waals surface area contributed by atoms with Crippen molar-refractivity contribution < 1.29 is 5.11 Å². The molecule has 0 aliphatic rings. The predicted octanol–water partition coefficient (Wildman–Crippen LogP) is 3.70. The quantitative estimate of drug-likeness (QED) is 0.751. The maximum atomic E-state index is 9.57. The fourth-order valence-corrected chi connectivity index (χ4v) is 2.30. The van der Waals surface area contributed by atoms with E-state index < -0.39 is 0 Å². The second kappa shape index (κ2) is 4.82. The van der Waals surface area contributed by atoms with Crippen LogP contribution in [0, 0.1) is 6.92 Å². The van der Waals surface area contributed by atoms with Gasteiger partial charge in [-0.25, -0.2) is 4.98 Å². The van der Waals surface area contributed by atoms with Crippen molar-refractivity contribution in [3.8, 4) is 11.3 Å². The lowest BCUT2D eigenvalue weighted by molar-refractivity contribution is 0.283. The number of hydrogen-bond donors (Lipinski definition) is 1. The van der Waals surface area contributed by atoms with Crippen LogP contribution in [0.5, 0.6) is 0 Å². The van der Waals surface area contributed by atoms with Gasteiger partial charge in [-0.05, 0) is 30.7 Å². The van der Waals surface area contributed by atoms with Crippen LogP contribution >= 0.6 is 0 Å². The molecular weight excluding hydrogens is 234 g/mol. The van der Waals surface area contributed by atoms with Crippen molar-refractivity contribution in [1.82, 2.24) is 4.98 Å². The van der Waals surface area contributed by atoms with Crippen molar-refractivity contribution in [2.24, 2.45) is 0 Å². The van der Waals surface area contributed by atoms with E-state index in [0.717, 1.165) is 27.7 Å². The van der Waals surface area contributed by atoms with E-state index in [0.29, 0.717) is 0 Å². The van der Waals surface area contributed by atoms with Crippen molar-refractivity contribution in [1.29, 1.82) is 0 Å². The van der Waals surface area contributed by atoms with Gasteiger partial charge in [0.15, 0.2) is 0 Å². The summed E-state index contributed by atoms with van der Waals surface area (Å²) in [6, 6.07) is 18.1. The molecule has 0 unspecified atom stereocenters. The van der Waals surface area contributed by atoms with Crippen LogP contribution in [-0.4, -0.2) is 10.1 Å². The third-order valence-electron chi connectivity index (χ3n) is 3.29. The molecular formula is C17H15NO. The van der Waals surface area contributed by atoms with E-state index in [1.165, 1.54) is 5.56 Å². The topological polar surface area (TPSA) is 33.1 Å². The van der Waals surface area contributed by atoms with E-state index in [9.17, 15) is 5.11 Å². The molecule has 0 aliphatic carbocycles. The first-order valence-corrected chi connectivity index (χ1v) is 6.34. The van der Waals surface area contributed by atoms with E-state index >= 15 is 0 Å². The molecule has 2 nitrogen and oxygen atoms in total. The lowest BCUT2D eigenvalue weighted by Gasteiger charge is -2.08. The summed E-state index contributed by atoms with van der Waals surface area (Å²) in [5.74, 6) is 0. The van der Waals surface area contributed by atoms with Crippen molar-refractivity contribution >= 4 is 10.9 Å². The van der Waals surface area contributed by atoms with E-state index in [2.05, 4.69) is 11.1 Å². The Balaban J connectivity index is 2.26. The number of pyridine rings is 1. The van der Waals surface area contributed by atoms with Gasteiger partial charge in [0, 0.05) is 10.9 Å². The third-order valence-corrected chi connectivity index (χ3v) is 3.29. The van der Waals surface area contributed by atoms with E-state index in [1.807, 2.05) is 55.5 Å². The fourth-order valence-electron chi connectivity index (χ4n) is 2.30. The van der Waals surface area contributed by atoms with Crippen LogP contribution in [0.25, 0.3) is 22.2 Å². The van der Waals surface area contributed by atoms with Gasteiger partial charge < -0.3 is 5.11 Å². The van der Waals surface area contributed by atoms with Gasteiger partial charge in [-0.2, -0.15) is 0 Å². The summed E-state index contributed by atoms with van der Waals surface area (Å²) in [5, 5.41) is 10.6. The SMILES string of the molecule is Cc1ccc2nc(-c3ccccc3)cc(CO)c2c1. The van der Waals surface area contributed by atoms with Crippen LogP contribution in [0.2, 0.25) is 0 Å². The minimum atomic E-state index is 0.0301. The monoisotopic (exact) mass is 249 g/mol. The highest BCUT2D eigenvalue weighted by Gasteiger charge is 2.07. The van der Waals surface area contributed by atoms with Gasteiger partial charge in [0.25, 0.3) is 0 Å². The summed E-state index contributed by atoms with van der Waals surface area (Å²) in [6.45, 7) is 2.08. The van der Waals surface area contributed by atoms with Gasteiger partial charge in [-0.3, -0.25) is 0 Å². The Bertz CT molecular complexity index is 720. The van der Waals surface area contributed by atoms with Crippen LogP contribution < -0.4 is 0 Å². The van der Waals surface area contributed by atoms with Gasteiger partial charge in [0.05, 0.1) is 17.8 Å². The standard InChI is InChI=1S/C17H15NO/c1-12-7-8-16-15(9-12)14(11-19)10-17(18-16)13-5-3-2-4-6-13/h2-10,19H,11H2,1H3. The number of benzene rings is 2. The number of aliphatic hydroxyl groups is 1. The number of aliphatic hydroxyl groups excluding tert-OH is 1. The number of aryl methyl sites for hydroxylation is 1. The van der Waals surface area contributed by atoms with Crippen LogP contribution in [0.4, 0.5) is 0 Å². The highest BCUT2D eigenvalue weighted by molar-refractivity contribution is 5.85. The summed E-state index contributed by atoms with van der Waals surface area (Å²) in [7, 11) is 0. The zero-order valence-corrected chi connectivity index (χ0v) is 10.8. The molecule has 3 aromatic rings. The maximum Gasteiger partial charge on any atom is 0.0713 e. The average Bonchev–Trinajstić information content (AvgIpc) is 2.47. The number of nitrogens with zero attached hydrogens (tertiary/aromatic N) is 1. The predicted molar refractivity (Wildman–Crippen MR) is 77.8 cm³/mol. The molecule has 0 radical (unpaired) electrons. The molecule has 0 saturated heterocycles. The lowest BCUT2D eigenvalue weighted by atomic mass is 10.0. The van der Waals surface area contributed by atoms with Crippen LogP contribution in [0.15, 0.2) is 54.6 Å². The second-order valence-electron chi connectivity index (χ2n) is 4.71. The minimum absolute atomic E-state index is 0.0301. The molecule has 2 aromatic carbocycles. The van der Waals surface area contributed by atoms with Gasteiger partial charge in [-0.1, -0.05) is 42.0 Å². The van der Waals surface area contributed by atoms with Crippen molar-refractivity contribution in [3.05, 3.63) is 65.7 Å². The molecule has 94 valence electrons. The van der Waals surface area contributed by atoms with Crippen molar-refractivity contribution in [3.63, 3.8) is 0 Å². The van der Waals surface area contributed by atoms with Crippen molar-refractivity contribution in [2.75, 3.05) is 0 Å². The molecule has 0 amide bonds. The van der Waals surface area contributed by atoms with Gasteiger partial charge in [0.1, 0.15) is 0 Å². The zero-order valence-electron chi connectivity index (χ0n) is 10.8. The summed E-state index contributed by atoms with van der Waals surface area (Å²) in [5.41, 5.74) is 5.00. The molecule has 0 fully saturated rings. The molecule has 0 atom stereocenters. The normalized spacial score (nSPS) is 10.8. The molecule has 2 heteroatoms. The first kappa shape index (κ1) is 11.9. The highest BCUT2D eigenvalue weighted by atomic mass is 16.3. The number of fused-ring (bicyclic) bond motifs is 1. The molecule has 1 heterocycles. The summed E-state index contributed by atoms with van der Waals surface area (Å²) < 4.78 is 0. The molecule has 0 spiro atoms. The van der Waals surface area contributed by atoms with E-state index in [-0.39, 0.29) is 6.61 Å². The van der Waals surface area contributed by atoms with Crippen molar-refractivity contribution in [2.45, 2.75) is 13.5 Å². The number of aromatic nitrogens is 1. The minimum Gasteiger partial charge on any atom is -0.392 e. The number of rotatable bonds is 2. The van der Waals surface area contributed by atoms with Gasteiger partial charge in [0.2, 0.25) is 0 Å². The Labute approximate surface area is 112 Å². The molecule has 1 N–H and O–H groups in total. The zero-order chi connectivity index (χ0) is 13.2. The summed E-state index contributed by atoms with van der Waals surface area (Å²) in [4.78, 5) is 4.68. The fraction of sp³-hybridized carbons (Fsp3) is 0.118. The molecule has 19 heavy (non-hydrogen) atoms. The molecule has 0 bridgehead atoms. The van der Waals surface area contributed by atoms with E-state index in [1.54, 1.807) is 0 Å². The first-order chi connectivity index (χ1) is 9.28. The summed E-state index contributed by atoms with van der Waals surface area (Å²) in [6.07, 6.45) is 0. The third kappa shape index (κ3) is 2.23. The lowest BCUT2D eigenvalue weighted by Crippen LogP contribution is -1.93. The molecule has 3 rings (SSSR count). The molecule has 1 aromatic heterocycles. The van der Waals surface area contributed by atoms with Gasteiger partial charge >= 0.3 is 0 Å². The van der Waals surface area contributed by atoms with Crippen LogP contribution in [0.3, 0.4) is 0 Å². The Morgan fingerprint density at radius 2 is 1.79 bits per heavy atom. The summed E-state index contributed by atoms with van der Waals surface area (Å²) >= 11 is 0. The first-order valence-electron chi connectivity index (χ1n) is 6.34. The molecule has 0 aliphatic heterocycles. The Morgan fingerprint density at radius 3 is 2.53 bits per heavy atom. The largest absolute Gasteiger partial charge is 0.392 e. The number of hydrogen-bond acceptors (Lipinski definition) is 2. The highest BCUT2D eigenvalue weighted by Crippen LogP contribution is 2.25. The Hall–Kier alpha value is -2.19. The molecule has 0 saturated carbocycles.